The minimum atomic E-state index is 0.0300. The van der Waals surface area contributed by atoms with Crippen molar-refractivity contribution in [2.75, 3.05) is 6.54 Å². The van der Waals surface area contributed by atoms with Crippen molar-refractivity contribution in [1.29, 1.82) is 0 Å². The smallest absolute Gasteiger partial charge is 0.261 e. The van der Waals surface area contributed by atoms with Crippen LogP contribution in [0.3, 0.4) is 0 Å². The summed E-state index contributed by atoms with van der Waals surface area (Å²) < 4.78 is 0. The molecule has 0 unspecified atom stereocenters. The number of carbonyl (C=O) groups excluding carboxylic acids is 1. The molecule has 0 aliphatic heterocycles. The van der Waals surface area contributed by atoms with E-state index in [1.807, 2.05) is 12.1 Å². The zero-order chi connectivity index (χ0) is 13.0. The highest BCUT2D eigenvalue weighted by molar-refractivity contribution is 7.14. The molecule has 2 rings (SSSR count). The summed E-state index contributed by atoms with van der Waals surface area (Å²) in [5.74, 6) is 5.77. The van der Waals surface area contributed by atoms with Gasteiger partial charge in [0, 0.05) is 5.54 Å². The fourth-order valence-corrected chi connectivity index (χ4v) is 2.91. The van der Waals surface area contributed by atoms with Gasteiger partial charge in [0.1, 0.15) is 0 Å². The predicted molar refractivity (Wildman–Crippen MR) is 74.6 cm³/mol. The lowest BCUT2D eigenvalue weighted by Gasteiger charge is -2.41. The molecule has 18 heavy (non-hydrogen) atoms. The molecule has 1 aliphatic rings. The van der Waals surface area contributed by atoms with Gasteiger partial charge < -0.3 is 11.1 Å². The fraction of sp³-hybridized carbons (Fsp3) is 0.500. The molecule has 3 N–H and O–H groups in total. The van der Waals surface area contributed by atoms with Gasteiger partial charge in [-0.2, -0.15) is 0 Å². The molecule has 1 aromatic rings. The summed E-state index contributed by atoms with van der Waals surface area (Å²) in [5, 5.41) is 3.16. The largest absolute Gasteiger partial charge is 0.346 e. The van der Waals surface area contributed by atoms with Crippen LogP contribution in [0.2, 0.25) is 0 Å². The lowest BCUT2D eigenvalue weighted by molar-refractivity contribution is 0.0824. The fourth-order valence-electron chi connectivity index (χ4n) is 2.14. The number of nitrogens with one attached hydrogen (secondary N) is 1. The van der Waals surface area contributed by atoms with Gasteiger partial charge in [0.05, 0.1) is 16.3 Å². The second-order valence-electron chi connectivity index (χ2n) is 4.61. The Morgan fingerprint density at radius 2 is 2.33 bits per heavy atom. The van der Waals surface area contributed by atoms with Crippen molar-refractivity contribution in [3.63, 3.8) is 0 Å². The zero-order valence-corrected chi connectivity index (χ0v) is 11.4. The first-order valence-corrected chi connectivity index (χ1v) is 7.12. The van der Waals surface area contributed by atoms with Gasteiger partial charge in [-0.25, -0.2) is 0 Å². The van der Waals surface area contributed by atoms with Gasteiger partial charge in [0.25, 0.3) is 5.91 Å². The van der Waals surface area contributed by atoms with Gasteiger partial charge in [-0.3, -0.25) is 4.79 Å². The van der Waals surface area contributed by atoms with Crippen LogP contribution < -0.4 is 11.1 Å². The number of nitrogens with two attached hydrogens (primary N) is 1. The molecule has 0 spiro atoms. The van der Waals surface area contributed by atoms with Gasteiger partial charge in [-0.05, 0) is 37.8 Å². The SMILES string of the molecule is CCC1(NC(=O)c2ccc(C#CCN)s2)CCC1. The highest BCUT2D eigenvalue weighted by Gasteiger charge is 2.36. The molecule has 1 fully saturated rings. The molecule has 0 bridgehead atoms. The second kappa shape index (κ2) is 5.55. The van der Waals surface area contributed by atoms with Crippen LogP contribution >= 0.6 is 11.3 Å². The maximum atomic E-state index is 12.1. The first kappa shape index (κ1) is 13.1. The minimum Gasteiger partial charge on any atom is -0.346 e. The molecule has 0 atom stereocenters. The predicted octanol–water partition coefficient (Wildman–Crippen LogP) is 2.12. The van der Waals surface area contributed by atoms with E-state index in [0.29, 0.717) is 6.54 Å². The van der Waals surface area contributed by atoms with E-state index in [0.717, 1.165) is 29.0 Å². The highest BCUT2D eigenvalue weighted by Crippen LogP contribution is 2.35. The van der Waals surface area contributed by atoms with Crippen molar-refractivity contribution in [3.05, 3.63) is 21.9 Å². The summed E-state index contributed by atoms with van der Waals surface area (Å²) in [7, 11) is 0. The lowest BCUT2D eigenvalue weighted by Crippen LogP contribution is -2.52. The number of amides is 1. The third kappa shape index (κ3) is 2.74. The normalized spacial score (nSPS) is 16.3. The summed E-state index contributed by atoms with van der Waals surface area (Å²) in [4.78, 5) is 13.8. The van der Waals surface area contributed by atoms with Gasteiger partial charge in [-0.15, -0.1) is 11.3 Å². The molecule has 1 aromatic heterocycles. The van der Waals surface area contributed by atoms with E-state index in [-0.39, 0.29) is 11.4 Å². The van der Waals surface area contributed by atoms with E-state index in [4.69, 9.17) is 5.73 Å². The van der Waals surface area contributed by atoms with Crippen LogP contribution in [0.25, 0.3) is 0 Å². The third-order valence-corrected chi connectivity index (χ3v) is 4.51. The molecule has 3 nitrogen and oxygen atoms in total. The number of hydrogen-bond donors (Lipinski definition) is 2. The van der Waals surface area contributed by atoms with Crippen LogP contribution in [0.1, 0.15) is 47.2 Å². The Labute approximate surface area is 112 Å². The van der Waals surface area contributed by atoms with Crippen LogP contribution in [-0.4, -0.2) is 18.0 Å². The molecular formula is C14H18N2OS. The van der Waals surface area contributed by atoms with Crippen LogP contribution in [0.5, 0.6) is 0 Å². The monoisotopic (exact) mass is 262 g/mol. The quantitative estimate of drug-likeness (QED) is 0.820. The van der Waals surface area contributed by atoms with Crippen molar-refractivity contribution in [2.24, 2.45) is 5.73 Å². The number of rotatable bonds is 3. The average Bonchev–Trinajstić information content (AvgIpc) is 2.80. The van der Waals surface area contributed by atoms with Crippen LogP contribution in [0.4, 0.5) is 0 Å². The average molecular weight is 262 g/mol. The summed E-state index contributed by atoms with van der Waals surface area (Å²) >= 11 is 1.43. The van der Waals surface area contributed by atoms with E-state index in [1.165, 1.54) is 17.8 Å². The minimum absolute atomic E-state index is 0.0300. The molecule has 1 amide bonds. The van der Waals surface area contributed by atoms with E-state index < -0.39 is 0 Å². The molecule has 0 aromatic carbocycles. The number of hydrogen-bond acceptors (Lipinski definition) is 3. The molecular weight excluding hydrogens is 244 g/mol. The van der Waals surface area contributed by atoms with Crippen LogP contribution in [-0.2, 0) is 0 Å². The lowest BCUT2D eigenvalue weighted by atomic mass is 9.75. The molecule has 96 valence electrons. The summed E-state index contributed by atoms with van der Waals surface area (Å²) in [5.41, 5.74) is 5.37. The Hall–Kier alpha value is -1.31. The van der Waals surface area contributed by atoms with Gasteiger partial charge in [0.2, 0.25) is 0 Å². The topological polar surface area (TPSA) is 55.1 Å². The standard InChI is InChI=1S/C14H18N2OS/c1-2-14(8-4-9-14)16-13(17)12-7-6-11(18-12)5-3-10-15/h6-7H,2,4,8-10,15H2,1H3,(H,16,17). The van der Waals surface area contributed by atoms with Crippen molar-refractivity contribution in [2.45, 2.75) is 38.1 Å². The molecule has 1 aliphatic carbocycles. The van der Waals surface area contributed by atoms with Crippen molar-refractivity contribution < 1.29 is 4.79 Å². The van der Waals surface area contributed by atoms with E-state index in [9.17, 15) is 4.79 Å². The van der Waals surface area contributed by atoms with E-state index in [2.05, 4.69) is 24.1 Å². The van der Waals surface area contributed by atoms with Crippen molar-refractivity contribution in [3.8, 4) is 11.8 Å². The first-order valence-electron chi connectivity index (χ1n) is 6.30. The first-order chi connectivity index (χ1) is 8.69. The Bertz CT molecular complexity index is 486. The van der Waals surface area contributed by atoms with E-state index >= 15 is 0 Å². The Kier molecular flexibility index (Phi) is 4.05. The Morgan fingerprint density at radius 1 is 1.56 bits per heavy atom. The number of thiophene rings is 1. The Balaban J connectivity index is 2.03. The summed E-state index contributed by atoms with van der Waals surface area (Å²) in [6.45, 7) is 2.48. The summed E-state index contributed by atoms with van der Waals surface area (Å²) in [6, 6.07) is 3.71. The third-order valence-electron chi connectivity index (χ3n) is 3.51. The maximum Gasteiger partial charge on any atom is 0.261 e. The Morgan fingerprint density at radius 3 is 2.89 bits per heavy atom. The maximum absolute atomic E-state index is 12.1. The molecule has 1 saturated carbocycles. The molecule has 4 heteroatoms. The van der Waals surface area contributed by atoms with Gasteiger partial charge in [0.15, 0.2) is 0 Å². The molecule has 0 radical (unpaired) electrons. The zero-order valence-electron chi connectivity index (χ0n) is 10.6. The molecule has 0 saturated heterocycles. The highest BCUT2D eigenvalue weighted by atomic mass is 32.1. The van der Waals surface area contributed by atoms with Crippen molar-refractivity contribution in [1.82, 2.24) is 5.32 Å². The number of carbonyl (C=O) groups is 1. The summed E-state index contributed by atoms with van der Waals surface area (Å²) in [6.07, 6.45) is 4.41. The van der Waals surface area contributed by atoms with Crippen LogP contribution in [0.15, 0.2) is 12.1 Å². The van der Waals surface area contributed by atoms with Crippen LogP contribution in [0, 0.1) is 11.8 Å². The van der Waals surface area contributed by atoms with Gasteiger partial charge >= 0.3 is 0 Å². The van der Waals surface area contributed by atoms with E-state index in [1.54, 1.807) is 0 Å². The van der Waals surface area contributed by atoms with Crippen molar-refractivity contribution >= 4 is 17.2 Å². The second-order valence-corrected chi connectivity index (χ2v) is 5.70. The van der Waals surface area contributed by atoms with Gasteiger partial charge in [-0.1, -0.05) is 18.8 Å². The molecule has 1 heterocycles.